The molecule has 1 fully saturated rings. The summed E-state index contributed by atoms with van der Waals surface area (Å²) in [5.41, 5.74) is 6.10. The lowest BCUT2D eigenvalue weighted by atomic mass is 10.1. The Bertz CT molecular complexity index is 159. The molecule has 0 aromatic carbocycles. The third-order valence-electron chi connectivity index (χ3n) is 3.26. The minimum absolute atomic E-state index is 0.284. The van der Waals surface area contributed by atoms with Crippen molar-refractivity contribution in [2.45, 2.75) is 70.9 Å². The normalized spacial score (nSPS) is 28.0. The molecule has 0 aliphatic heterocycles. The Labute approximate surface area is 94.6 Å². The number of nitrogens with two attached hydrogens (primary N) is 1. The highest BCUT2D eigenvalue weighted by Gasteiger charge is 2.20. The van der Waals surface area contributed by atoms with Gasteiger partial charge < -0.3 is 10.5 Å². The second-order valence-corrected chi connectivity index (χ2v) is 5.25. The number of hydrogen-bond acceptors (Lipinski definition) is 2. The summed E-state index contributed by atoms with van der Waals surface area (Å²) >= 11 is 0. The van der Waals surface area contributed by atoms with Crippen LogP contribution >= 0.6 is 0 Å². The maximum absolute atomic E-state index is 6.10. The fraction of sp³-hybridized carbons (Fsp3) is 1.00. The molecule has 0 bridgehead atoms. The largest absolute Gasteiger partial charge is 0.377 e. The van der Waals surface area contributed by atoms with Crippen molar-refractivity contribution in [2.75, 3.05) is 6.61 Å². The lowest BCUT2D eigenvalue weighted by molar-refractivity contribution is 0.0281. The van der Waals surface area contributed by atoms with Gasteiger partial charge in [-0.15, -0.1) is 0 Å². The van der Waals surface area contributed by atoms with Crippen LogP contribution in [0.4, 0.5) is 0 Å². The Kier molecular flexibility index (Phi) is 6.26. The summed E-state index contributed by atoms with van der Waals surface area (Å²) in [4.78, 5) is 0. The summed E-state index contributed by atoms with van der Waals surface area (Å²) in [6, 6.07) is 0.284. The first-order chi connectivity index (χ1) is 7.20. The Hall–Kier alpha value is -0.0800. The molecule has 1 aliphatic rings. The predicted octanol–water partition coefficient (Wildman–Crippen LogP) is 3.10. The van der Waals surface area contributed by atoms with Gasteiger partial charge in [-0.1, -0.05) is 33.1 Å². The van der Waals surface area contributed by atoms with Gasteiger partial charge in [0.1, 0.15) is 0 Å². The van der Waals surface area contributed by atoms with Gasteiger partial charge in [-0.2, -0.15) is 0 Å². The van der Waals surface area contributed by atoms with E-state index in [1.807, 2.05) is 0 Å². The zero-order valence-electron chi connectivity index (χ0n) is 10.4. The van der Waals surface area contributed by atoms with E-state index in [1.165, 1.54) is 38.5 Å². The fourth-order valence-electron chi connectivity index (χ4n) is 2.24. The van der Waals surface area contributed by atoms with E-state index in [9.17, 15) is 0 Å². The molecule has 2 N–H and O–H groups in total. The van der Waals surface area contributed by atoms with Crippen LogP contribution < -0.4 is 5.73 Å². The molecular weight excluding hydrogens is 186 g/mol. The number of hydrogen-bond donors (Lipinski definition) is 1. The van der Waals surface area contributed by atoms with Crippen molar-refractivity contribution in [1.29, 1.82) is 0 Å². The molecule has 1 rings (SSSR count). The van der Waals surface area contributed by atoms with Gasteiger partial charge in [0.2, 0.25) is 0 Å². The minimum Gasteiger partial charge on any atom is -0.377 e. The van der Waals surface area contributed by atoms with Crippen LogP contribution in [0.3, 0.4) is 0 Å². The molecule has 1 aliphatic carbocycles. The van der Waals surface area contributed by atoms with E-state index in [1.54, 1.807) is 0 Å². The molecule has 0 radical (unpaired) electrons. The van der Waals surface area contributed by atoms with E-state index in [0.29, 0.717) is 6.10 Å². The van der Waals surface area contributed by atoms with Gasteiger partial charge >= 0.3 is 0 Å². The average molecular weight is 213 g/mol. The molecule has 90 valence electrons. The van der Waals surface area contributed by atoms with Crippen molar-refractivity contribution in [3.8, 4) is 0 Å². The van der Waals surface area contributed by atoms with Crippen molar-refractivity contribution >= 4 is 0 Å². The predicted molar refractivity (Wildman–Crippen MR) is 64.9 cm³/mol. The third-order valence-corrected chi connectivity index (χ3v) is 3.26. The van der Waals surface area contributed by atoms with E-state index >= 15 is 0 Å². The number of ether oxygens (including phenoxy) is 1. The molecule has 15 heavy (non-hydrogen) atoms. The molecule has 0 heterocycles. The van der Waals surface area contributed by atoms with Gasteiger partial charge in [-0.05, 0) is 31.6 Å². The zero-order valence-corrected chi connectivity index (χ0v) is 10.4. The lowest BCUT2D eigenvalue weighted by Gasteiger charge is -2.22. The Morgan fingerprint density at radius 1 is 1.20 bits per heavy atom. The Balaban J connectivity index is 2.12. The minimum atomic E-state index is 0.284. The van der Waals surface area contributed by atoms with Crippen molar-refractivity contribution in [3.05, 3.63) is 0 Å². The molecular formula is C13H27NO. The van der Waals surface area contributed by atoms with Crippen molar-refractivity contribution < 1.29 is 4.74 Å². The second-order valence-electron chi connectivity index (χ2n) is 5.25. The third kappa shape index (κ3) is 5.53. The summed E-state index contributed by atoms with van der Waals surface area (Å²) in [7, 11) is 0. The van der Waals surface area contributed by atoms with E-state index < -0.39 is 0 Å². The molecule has 0 amide bonds. The SMILES string of the molecule is CC(C)CCCOC1CCCCCC1N. The van der Waals surface area contributed by atoms with Crippen LogP contribution in [0.25, 0.3) is 0 Å². The Morgan fingerprint density at radius 2 is 1.93 bits per heavy atom. The summed E-state index contributed by atoms with van der Waals surface area (Å²) in [5, 5.41) is 0. The maximum atomic E-state index is 6.10. The Morgan fingerprint density at radius 3 is 2.67 bits per heavy atom. The van der Waals surface area contributed by atoms with Crippen LogP contribution in [0.1, 0.15) is 58.8 Å². The lowest BCUT2D eigenvalue weighted by Crippen LogP contribution is -2.35. The number of rotatable bonds is 5. The van der Waals surface area contributed by atoms with Gasteiger partial charge in [0.25, 0.3) is 0 Å². The fourth-order valence-corrected chi connectivity index (χ4v) is 2.24. The van der Waals surface area contributed by atoms with Gasteiger partial charge in [0.15, 0.2) is 0 Å². The maximum Gasteiger partial charge on any atom is 0.0725 e. The van der Waals surface area contributed by atoms with Crippen molar-refractivity contribution in [1.82, 2.24) is 0 Å². The van der Waals surface area contributed by atoms with Gasteiger partial charge in [0.05, 0.1) is 6.10 Å². The quantitative estimate of drug-likeness (QED) is 0.562. The summed E-state index contributed by atoms with van der Waals surface area (Å²) in [5.74, 6) is 0.788. The molecule has 0 saturated heterocycles. The zero-order chi connectivity index (χ0) is 11.1. The highest BCUT2D eigenvalue weighted by molar-refractivity contribution is 4.76. The van der Waals surface area contributed by atoms with Crippen LogP contribution in [-0.2, 0) is 4.74 Å². The molecule has 2 heteroatoms. The van der Waals surface area contributed by atoms with Crippen molar-refractivity contribution in [3.63, 3.8) is 0 Å². The van der Waals surface area contributed by atoms with E-state index in [4.69, 9.17) is 10.5 Å². The van der Waals surface area contributed by atoms with Gasteiger partial charge in [0, 0.05) is 12.6 Å². The first-order valence-corrected chi connectivity index (χ1v) is 6.57. The monoisotopic (exact) mass is 213 g/mol. The van der Waals surface area contributed by atoms with E-state index in [0.717, 1.165) is 18.9 Å². The molecule has 2 nitrogen and oxygen atoms in total. The first-order valence-electron chi connectivity index (χ1n) is 6.57. The highest BCUT2D eigenvalue weighted by Crippen LogP contribution is 2.19. The first kappa shape index (κ1) is 13.0. The van der Waals surface area contributed by atoms with Crippen LogP contribution in [-0.4, -0.2) is 18.8 Å². The summed E-state index contributed by atoms with van der Waals surface area (Å²) in [6.45, 7) is 5.42. The molecule has 2 unspecified atom stereocenters. The van der Waals surface area contributed by atoms with E-state index in [2.05, 4.69) is 13.8 Å². The van der Waals surface area contributed by atoms with E-state index in [-0.39, 0.29) is 6.04 Å². The van der Waals surface area contributed by atoms with Crippen LogP contribution in [0, 0.1) is 5.92 Å². The standard InChI is InChI=1S/C13H27NO/c1-11(2)7-6-10-15-13-9-5-3-4-8-12(13)14/h11-13H,3-10,14H2,1-2H3. The molecule has 1 saturated carbocycles. The van der Waals surface area contributed by atoms with Gasteiger partial charge in [-0.3, -0.25) is 0 Å². The topological polar surface area (TPSA) is 35.2 Å². The smallest absolute Gasteiger partial charge is 0.0725 e. The van der Waals surface area contributed by atoms with Crippen LogP contribution in [0.5, 0.6) is 0 Å². The molecule has 0 aromatic rings. The molecule has 0 aromatic heterocycles. The average Bonchev–Trinajstić information content (AvgIpc) is 2.38. The molecule has 0 spiro atoms. The summed E-state index contributed by atoms with van der Waals surface area (Å²) < 4.78 is 5.90. The molecule has 2 atom stereocenters. The van der Waals surface area contributed by atoms with Crippen LogP contribution in [0.2, 0.25) is 0 Å². The second kappa shape index (κ2) is 7.24. The van der Waals surface area contributed by atoms with Crippen LogP contribution in [0.15, 0.2) is 0 Å². The summed E-state index contributed by atoms with van der Waals surface area (Å²) in [6.07, 6.45) is 9.01. The highest BCUT2D eigenvalue weighted by atomic mass is 16.5. The van der Waals surface area contributed by atoms with Gasteiger partial charge in [-0.25, -0.2) is 0 Å². The van der Waals surface area contributed by atoms with Crippen molar-refractivity contribution in [2.24, 2.45) is 11.7 Å².